The Morgan fingerprint density at radius 2 is 2.18 bits per heavy atom. The summed E-state index contributed by atoms with van der Waals surface area (Å²) >= 11 is 0. The molecule has 1 amide bonds. The molecule has 1 atom stereocenters. The third kappa shape index (κ3) is 3.27. The van der Waals surface area contributed by atoms with E-state index in [1.807, 2.05) is 6.92 Å². The van der Waals surface area contributed by atoms with Crippen LogP contribution in [0.2, 0.25) is 0 Å². The van der Waals surface area contributed by atoms with Gasteiger partial charge in [0.15, 0.2) is 0 Å². The van der Waals surface area contributed by atoms with Crippen LogP contribution in [0.5, 0.6) is 0 Å². The fraction of sp³-hybridized carbons (Fsp3) is 0.462. The minimum absolute atomic E-state index is 0.0113. The fourth-order valence-electron chi connectivity index (χ4n) is 2.09. The van der Waals surface area contributed by atoms with Crippen LogP contribution >= 0.6 is 0 Å². The van der Waals surface area contributed by atoms with Crippen molar-refractivity contribution >= 4 is 5.91 Å². The second kappa shape index (κ2) is 4.84. The average Bonchev–Trinajstić information content (AvgIpc) is 2.68. The molecule has 4 heteroatoms. The first-order chi connectivity index (χ1) is 8.07. The lowest BCUT2D eigenvalue weighted by molar-refractivity contribution is -0.122. The highest BCUT2D eigenvalue weighted by Gasteiger charge is 2.29. The zero-order valence-electron chi connectivity index (χ0n) is 9.92. The van der Waals surface area contributed by atoms with Crippen LogP contribution in [0.1, 0.15) is 18.9 Å². The van der Waals surface area contributed by atoms with Crippen molar-refractivity contribution in [3.8, 4) is 0 Å². The summed E-state index contributed by atoms with van der Waals surface area (Å²) < 4.78 is 12.7. The van der Waals surface area contributed by atoms with Gasteiger partial charge in [-0.15, -0.1) is 0 Å². The van der Waals surface area contributed by atoms with Gasteiger partial charge in [0, 0.05) is 6.54 Å². The third-order valence-electron chi connectivity index (χ3n) is 3.09. The van der Waals surface area contributed by atoms with E-state index in [2.05, 4.69) is 10.6 Å². The Morgan fingerprint density at radius 3 is 2.76 bits per heavy atom. The molecule has 1 aliphatic heterocycles. The van der Waals surface area contributed by atoms with Gasteiger partial charge in [-0.2, -0.15) is 0 Å². The number of nitrogens with one attached hydrogen (secondary N) is 2. The van der Waals surface area contributed by atoms with Crippen LogP contribution in [0, 0.1) is 5.82 Å². The van der Waals surface area contributed by atoms with Gasteiger partial charge in [0.05, 0.1) is 12.0 Å². The highest BCUT2D eigenvalue weighted by atomic mass is 19.1. The predicted octanol–water partition coefficient (Wildman–Crippen LogP) is 1.24. The Balaban J connectivity index is 1.91. The van der Waals surface area contributed by atoms with Gasteiger partial charge in [0.25, 0.3) is 0 Å². The van der Waals surface area contributed by atoms with Crippen molar-refractivity contribution in [1.29, 1.82) is 0 Å². The lowest BCUT2D eigenvalue weighted by Gasteiger charge is -2.24. The van der Waals surface area contributed by atoms with Crippen molar-refractivity contribution in [1.82, 2.24) is 10.6 Å². The first kappa shape index (κ1) is 12.0. The molecule has 1 aliphatic rings. The minimum atomic E-state index is -0.277. The number of rotatable bonds is 3. The minimum Gasteiger partial charge on any atom is -0.349 e. The molecule has 1 unspecified atom stereocenters. The molecule has 0 spiro atoms. The van der Waals surface area contributed by atoms with Crippen molar-refractivity contribution < 1.29 is 9.18 Å². The maximum Gasteiger partial charge on any atom is 0.224 e. The van der Waals surface area contributed by atoms with Gasteiger partial charge < -0.3 is 10.6 Å². The molecule has 0 bridgehead atoms. The molecule has 1 heterocycles. The highest BCUT2D eigenvalue weighted by molar-refractivity contribution is 5.79. The maximum atomic E-state index is 12.7. The van der Waals surface area contributed by atoms with Gasteiger partial charge in [0.2, 0.25) is 5.91 Å². The Hall–Kier alpha value is -1.42. The summed E-state index contributed by atoms with van der Waals surface area (Å²) in [4.78, 5) is 11.8. The first-order valence-corrected chi connectivity index (χ1v) is 5.84. The van der Waals surface area contributed by atoms with Crippen molar-refractivity contribution in [2.75, 3.05) is 13.1 Å². The van der Waals surface area contributed by atoms with E-state index in [1.165, 1.54) is 12.1 Å². The monoisotopic (exact) mass is 236 g/mol. The van der Waals surface area contributed by atoms with E-state index in [0.717, 1.165) is 25.1 Å². The van der Waals surface area contributed by atoms with Crippen LogP contribution in [0.15, 0.2) is 24.3 Å². The zero-order chi connectivity index (χ0) is 12.3. The molecule has 0 aromatic heterocycles. The van der Waals surface area contributed by atoms with Crippen molar-refractivity contribution in [2.24, 2.45) is 0 Å². The van der Waals surface area contributed by atoms with Gasteiger partial charge in [-0.3, -0.25) is 4.79 Å². The Labute approximate surface area is 100 Å². The van der Waals surface area contributed by atoms with Crippen molar-refractivity contribution in [2.45, 2.75) is 25.3 Å². The van der Waals surface area contributed by atoms with E-state index in [0.29, 0.717) is 6.42 Å². The largest absolute Gasteiger partial charge is 0.349 e. The molecule has 0 saturated carbocycles. The van der Waals surface area contributed by atoms with E-state index < -0.39 is 0 Å². The first-order valence-electron chi connectivity index (χ1n) is 5.84. The quantitative estimate of drug-likeness (QED) is 0.829. The molecule has 0 aliphatic carbocycles. The summed E-state index contributed by atoms with van der Waals surface area (Å²) in [6.07, 6.45) is 1.25. The molecular weight excluding hydrogens is 219 g/mol. The van der Waals surface area contributed by atoms with Crippen molar-refractivity contribution in [3.05, 3.63) is 35.6 Å². The highest BCUT2D eigenvalue weighted by Crippen LogP contribution is 2.13. The fourth-order valence-corrected chi connectivity index (χ4v) is 2.09. The van der Waals surface area contributed by atoms with Gasteiger partial charge in [-0.1, -0.05) is 12.1 Å². The SMILES string of the molecule is CC1(NC(=O)Cc2ccc(F)cc2)CCNC1. The maximum absolute atomic E-state index is 12.7. The number of hydrogen-bond donors (Lipinski definition) is 2. The lowest BCUT2D eigenvalue weighted by atomic mass is 10.0. The number of carbonyl (C=O) groups is 1. The number of amides is 1. The van der Waals surface area contributed by atoms with E-state index in [4.69, 9.17) is 0 Å². The van der Waals surface area contributed by atoms with Crippen LogP contribution in [-0.4, -0.2) is 24.5 Å². The van der Waals surface area contributed by atoms with Crippen LogP contribution in [0.3, 0.4) is 0 Å². The Kier molecular flexibility index (Phi) is 3.43. The van der Waals surface area contributed by atoms with Gasteiger partial charge in [-0.25, -0.2) is 4.39 Å². The number of benzene rings is 1. The number of carbonyl (C=O) groups excluding carboxylic acids is 1. The molecule has 0 radical (unpaired) electrons. The molecule has 1 fully saturated rings. The summed E-state index contributed by atoms with van der Waals surface area (Å²) in [5, 5.41) is 6.25. The average molecular weight is 236 g/mol. The molecule has 17 heavy (non-hydrogen) atoms. The standard InChI is InChI=1S/C13H17FN2O/c1-13(6-7-15-9-13)16-12(17)8-10-2-4-11(14)5-3-10/h2-5,15H,6-9H2,1H3,(H,16,17). The smallest absolute Gasteiger partial charge is 0.224 e. The van der Waals surface area contributed by atoms with E-state index in [1.54, 1.807) is 12.1 Å². The van der Waals surface area contributed by atoms with E-state index in [-0.39, 0.29) is 17.3 Å². The molecule has 92 valence electrons. The van der Waals surface area contributed by atoms with Crippen molar-refractivity contribution in [3.63, 3.8) is 0 Å². The van der Waals surface area contributed by atoms with Gasteiger partial charge in [0.1, 0.15) is 5.82 Å². The van der Waals surface area contributed by atoms with Crippen LogP contribution in [-0.2, 0) is 11.2 Å². The molecule has 3 nitrogen and oxygen atoms in total. The molecule has 2 rings (SSSR count). The lowest BCUT2D eigenvalue weighted by Crippen LogP contribution is -2.48. The summed E-state index contributed by atoms with van der Waals surface area (Å²) in [6, 6.07) is 6.04. The van der Waals surface area contributed by atoms with Crippen LogP contribution < -0.4 is 10.6 Å². The van der Waals surface area contributed by atoms with Crippen LogP contribution in [0.4, 0.5) is 4.39 Å². The molecule has 1 saturated heterocycles. The molecule has 2 N–H and O–H groups in total. The van der Waals surface area contributed by atoms with E-state index in [9.17, 15) is 9.18 Å². The Bertz CT molecular complexity index is 396. The van der Waals surface area contributed by atoms with Gasteiger partial charge >= 0.3 is 0 Å². The molecule has 1 aromatic rings. The number of hydrogen-bond acceptors (Lipinski definition) is 2. The summed E-state index contributed by atoms with van der Waals surface area (Å²) in [5.41, 5.74) is 0.690. The van der Waals surface area contributed by atoms with Gasteiger partial charge in [-0.05, 0) is 37.6 Å². The number of halogens is 1. The third-order valence-corrected chi connectivity index (χ3v) is 3.09. The second-order valence-electron chi connectivity index (χ2n) is 4.84. The second-order valence-corrected chi connectivity index (χ2v) is 4.84. The zero-order valence-corrected chi connectivity index (χ0v) is 9.92. The predicted molar refractivity (Wildman–Crippen MR) is 64.1 cm³/mol. The summed E-state index contributed by atoms with van der Waals surface area (Å²) in [7, 11) is 0. The van der Waals surface area contributed by atoms with E-state index >= 15 is 0 Å². The Morgan fingerprint density at radius 1 is 1.47 bits per heavy atom. The summed E-state index contributed by atoms with van der Waals surface area (Å²) in [6.45, 7) is 3.78. The molecular formula is C13H17FN2O. The summed E-state index contributed by atoms with van der Waals surface area (Å²) in [5.74, 6) is -0.288. The normalized spacial score (nSPS) is 23.6. The topological polar surface area (TPSA) is 41.1 Å². The molecule has 1 aromatic carbocycles. The van der Waals surface area contributed by atoms with Crippen LogP contribution in [0.25, 0.3) is 0 Å².